The average molecular weight is 519 g/mol. The van der Waals surface area contributed by atoms with Gasteiger partial charge in [0.15, 0.2) is 0 Å². The first kappa shape index (κ1) is 25.1. The number of carboxylic acid groups (broad SMARTS) is 1. The number of ether oxygens (including phenoxy) is 1. The lowest BCUT2D eigenvalue weighted by atomic mass is 10.0. The fourth-order valence-corrected chi connectivity index (χ4v) is 6.10. The van der Waals surface area contributed by atoms with Crippen LogP contribution in [0.15, 0.2) is 65.6 Å². The van der Waals surface area contributed by atoms with Crippen molar-refractivity contribution in [3.63, 3.8) is 0 Å². The summed E-state index contributed by atoms with van der Waals surface area (Å²) < 4.78 is 48.4. The Balaban J connectivity index is 1.98. The third-order valence-corrected chi connectivity index (χ3v) is 8.55. The van der Waals surface area contributed by atoms with Crippen molar-refractivity contribution in [3.8, 4) is 11.1 Å². The van der Waals surface area contributed by atoms with Crippen molar-refractivity contribution in [2.45, 2.75) is 24.0 Å². The standard InChI is InChI=1S/C25H24ClFN2O5S/c1-15(34-3)23-14-29(17-7-5-4-6-8-17)22-13-20(26)18(12-24(22)35(32,33)28(23)2)16-9-10-21(27)19(11-16)25(30)31/h4-13,15,23H,14H2,1-3H3,(H,30,31)/t15?,23-/m0/s1. The summed E-state index contributed by atoms with van der Waals surface area (Å²) in [7, 11) is -0.992. The Labute approximate surface area is 208 Å². The predicted molar refractivity (Wildman–Crippen MR) is 132 cm³/mol. The predicted octanol–water partition coefficient (Wildman–Crippen LogP) is 5.02. The van der Waals surface area contributed by atoms with E-state index in [-0.39, 0.29) is 21.0 Å². The maximum absolute atomic E-state index is 14.0. The summed E-state index contributed by atoms with van der Waals surface area (Å²) in [6.07, 6.45) is -0.416. The molecule has 10 heteroatoms. The summed E-state index contributed by atoms with van der Waals surface area (Å²) >= 11 is 6.63. The molecule has 0 amide bonds. The molecule has 184 valence electrons. The van der Waals surface area contributed by atoms with E-state index >= 15 is 0 Å². The van der Waals surface area contributed by atoms with Crippen molar-refractivity contribution in [1.82, 2.24) is 4.31 Å². The molecule has 1 heterocycles. The van der Waals surface area contributed by atoms with E-state index in [0.29, 0.717) is 12.2 Å². The first-order chi connectivity index (χ1) is 16.6. The summed E-state index contributed by atoms with van der Waals surface area (Å²) in [6, 6.07) is 15.3. The van der Waals surface area contributed by atoms with Gasteiger partial charge >= 0.3 is 5.97 Å². The van der Waals surface area contributed by atoms with Crippen LogP contribution in [0.25, 0.3) is 11.1 Å². The maximum atomic E-state index is 14.0. The fourth-order valence-electron chi connectivity index (χ4n) is 4.23. The van der Waals surface area contributed by atoms with Crippen LogP contribution in [0.5, 0.6) is 0 Å². The van der Waals surface area contributed by atoms with Crippen LogP contribution in [0.1, 0.15) is 17.3 Å². The van der Waals surface area contributed by atoms with E-state index < -0.39 is 39.5 Å². The minimum atomic E-state index is -4.02. The molecular formula is C25H24ClFN2O5S. The molecule has 0 saturated carbocycles. The summed E-state index contributed by atoms with van der Waals surface area (Å²) in [5, 5.41) is 9.52. The molecule has 3 aromatic carbocycles. The van der Waals surface area contributed by atoms with Gasteiger partial charge in [0.05, 0.1) is 28.4 Å². The number of fused-ring (bicyclic) bond motifs is 1. The van der Waals surface area contributed by atoms with Crippen LogP contribution in [0.2, 0.25) is 5.02 Å². The minimum absolute atomic E-state index is 0.00439. The zero-order valence-corrected chi connectivity index (χ0v) is 20.8. The molecule has 1 unspecified atom stereocenters. The number of halogens is 2. The number of carboxylic acids is 1. The van der Waals surface area contributed by atoms with Crippen molar-refractivity contribution >= 4 is 39.0 Å². The molecule has 0 fully saturated rings. The van der Waals surface area contributed by atoms with Crippen LogP contribution in [-0.4, -0.2) is 56.6 Å². The number of nitrogens with zero attached hydrogens (tertiary/aromatic N) is 2. The molecule has 0 bridgehead atoms. The van der Waals surface area contributed by atoms with Crippen LogP contribution in [-0.2, 0) is 14.8 Å². The molecule has 35 heavy (non-hydrogen) atoms. The molecule has 0 aromatic heterocycles. The third kappa shape index (κ3) is 4.52. The number of anilines is 2. The number of para-hydroxylation sites is 1. The average Bonchev–Trinajstić information content (AvgIpc) is 2.92. The zero-order chi connectivity index (χ0) is 25.5. The van der Waals surface area contributed by atoms with Gasteiger partial charge in [-0.1, -0.05) is 35.9 Å². The maximum Gasteiger partial charge on any atom is 0.338 e. The Bertz CT molecular complexity index is 1380. The highest BCUT2D eigenvalue weighted by molar-refractivity contribution is 7.89. The minimum Gasteiger partial charge on any atom is -0.478 e. The Kier molecular flexibility index (Phi) is 6.88. The smallest absolute Gasteiger partial charge is 0.338 e. The summed E-state index contributed by atoms with van der Waals surface area (Å²) in [6.45, 7) is 2.11. The van der Waals surface area contributed by atoms with Gasteiger partial charge in [-0.2, -0.15) is 4.31 Å². The van der Waals surface area contributed by atoms with E-state index in [1.165, 1.54) is 30.6 Å². The first-order valence-electron chi connectivity index (χ1n) is 10.8. The first-order valence-corrected chi connectivity index (χ1v) is 12.6. The molecule has 4 rings (SSSR count). The number of likely N-dealkylation sites (N-methyl/N-ethyl adjacent to an activating group) is 1. The van der Waals surface area contributed by atoms with E-state index in [0.717, 1.165) is 17.8 Å². The molecular weight excluding hydrogens is 495 g/mol. The van der Waals surface area contributed by atoms with Gasteiger partial charge in [-0.25, -0.2) is 17.6 Å². The third-order valence-electron chi connectivity index (χ3n) is 6.32. The normalized spacial score (nSPS) is 18.5. The van der Waals surface area contributed by atoms with Gasteiger partial charge in [-0.05, 0) is 48.9 Å². The van der Waals surface area contributed by atoms with E-state index in [1.54, 1.807) is 13.0 Å². The second-order valence-corrected chi connectivity index (χ2v) is 10.6. The number of carbonyl (C=O) groups is 1. The largest absolute Gasteiger partial charge is 0.478 e. The second-order valence-electron chi connectivity index (χ2n) is 8.28. The SMILES string of the molecule is COC(C)[C@@H]1CN(c2ccccc2)c2cc(Cl)c(-c3ccc(F)c(C(=O)O)c3)cc2S(=O)(=O)N1C. The van der Waals surface area contributed by atoms with Gasteiger partial charge in [0.2, 0.25) is 10.0 Å². The van der Waals surface area contributed by atoms with Crippen molar-refractivity contribution in [2.24, 2.45) is 0 Å². The molecule has 1 aliphatic heterocycles. The van der Waals surface area contributed by atoms with Gasteiger partial charge in [0.25, 0.3) is 0 Å². The van der Waals surface area contributed by atoms with Gasteiger partial charge in [-0.3, -0.25) is 0 Å². The van der Waals surface area contributed by atoms with E-state index in [2.05, 4.69) is 0 Å². The van der Waals surface area contributed by atoms with E-state index in [4.69, 9.17) is 16.3 Å². The lowest BCUT2D eigenvalue weighted by molar-refractivity contribution is 0.0658. The second kappa shape index (κ2) is 9.58. The van der Waals surface area contributed by atoms with Gasteiger partial charge in [0.1, 0.15) is 10.7 Å². The van der Waals surface area contributed by atoms with Crippen molar-refractivity contribution in [2.75, 3.05) is 25.6 Å². The zero-order valence-electron chi connectivity index (χ0n) is 19.3. The summed E-state index contributed by atoms with van der Waals surface area (Å²) in [4.78, 5) is 13.3. The number of hydrogen-bond donors (Lipinski definition) is 1. The Morgan fingerprint density at radius 3 is 2.49 bits per heavy atom. The van der Waals surface area contributed by atoms with Crippen molar-refractivity contribution in [1.29, 1.82) is 0 Å². The molecule has 0 saturated heterocycles. The van der Waals surface area contributed by atoms with Gasteiger partial charge in [-0.15, -0.1) is 0 Å². The molecule has 2 atom stereocenters. The van der Waals surface area contributed by atoms with Gasteiger partial charge < -0.3 is 14.7 Å². The number of benzene rings is 3. The molecule has 0 aliphatic carbocycles. The van der Waals surface area contributed by atoms with Gasteiger partial charge in [0, 0.05) is 32.0 Å². The number of hydrogen-bond acceptors (Lipinski definition) is 5. The van der Waals surface area contributed by atoms with Crippen molar-refractivity contribution in [3.05, 3.63) is 77.1 Å². The van der Waals surface area contributed by atoms with Crippen LogP contribution >= 0.6 is 11.6 Å². The van der Waals surface area contributed by atoms with Crippen LogP contribution < -0.4 is 4.90 Å². The Hall–Kier alpha value is -2.98. The highest BCUT2D eigenvalue weighted by Gasteiger charge is 2.40. The molecule has 0 spiro atoms. The van der Waals surface area contributed by atoms with Crippen LogP contribution in [0.4, 0.5) is 15.8 Å². The molecule has 1 aliphatic rings. The lowest BCUT2D eigenvalue weighted by Crippen LogP contribution is -2.48. The highest BCUT2D eigenvalue weighted by Crippen LogP contribution is 2.43. The number of sulfonamides is 1. The number of aromatic carboxylic acids is 1. The molecule has 1 N–H and O–H groups in total. The van der Waals surface area contributed by atoms with E-state index in [1.807, 2.05) is 35.2 Å². The quantitative estimate of drug-likeness (QED) is 0.510. The highest BCUT2D eigenvalue weighted by atomic mass is 35.5. The fraction of sp³-hybridized carbons (Fsp3) is 0.240. The molecule has 7 nitrogen and oxygen atoms in total. The number of methoxy groups -OCH3 is 1. The number of rotatable bonds is 5. The van der Waals surface area contributed by atoms with Crippen LogP contribution in [0.3, 0.4) is 0 Å². The Morgan fingerprint density at radius 2 is 1.86 bits per heavy atom. The Morgan fingerprint density at radius 1 is 1.17 bits per heavy atom. The van der Waals surface area contributed by atoms with Crippen molar-refractivity contribution < 1.29 is 27.4 Å². The molecule has 3 aromatic rings. The topological polar surface area (TPSA) is 87.1 Å². The lowest BCUT2D eigenvalue weighted by Gasteiger charge is -2.32. The van der Waals surface area contributed by atoms with Crippen LogP contribution in [0, 0.1) is 5.82 Å². The van der Waals surface area contributed by atoms with E-state index in [9.17, 15) is 22.7 Å². The monoisotopic (exact) mass is 518 g/mol. The molecule has 0 radical (unpaired) electrons. The summed E-state index contributed by atoms with van der Waals surface area (Å²) in [5.41, 5.74) is 1.17. The summed E-state index contributed by atoms with van der Waals surface area (Å²) in [5.74, 6) is -2.33.